The van der Waals surface area contributed by atoms with Gasteiger partial charge in [0, 0.05) is 68.2 Å². The fourth-order valence-corrected chi connectivity index (χ4v) is 12.9. The first-order valence-corrected chi connectivity index (χ1v) is 26.9. The molecule has 0 atom stereocenters. The lowest BCUT2D eigenvalue weighted by atomic mass is 10.1. The third kappa shape index (κ3) is 6.26. The zero-order valence-corrected chi connectivity index (χ0v) is 43.9. The van der Waals surface area contributed by atoms with E-state index in [1.54, 1.807) is 0 Å². The predicted octanol–water partition coefficient (Wildman–Crippen LogP) is 15.9. The number of H-pyrrole nitrogens is 2. The molecule has 0 radical (unpaired) electrons. The van der Waals surface area contributed by atoms with Crippen molar-refractivity contribution in [3.8, 4) is 68.3 Å². The molecule has 12 heteroatoms. The van der Waals surface area contributed by atoms with Crippen molar-refractivity contribution in [2.75, 3.05) is 0 Å². The lowest BCUT2D eigenvalue weighted by Crippen LogP contribution is -1.96. The molecule has 9 heterocycles. The Bertz CT molecular complexity index is 5050. The molecule has 8 aromatic carbocycles. The van der Waals surface area contributed by atoms with Crippen LogP contribution in [0, 0.1) is 27.7 Å². The molecule has 0 unspecified atom stereocenters. The van der Waals surface area contributed by atoms with E-state index in [0.29, 0.717) is 45.9 Å². The van der Waals surface area contributed by atoms with E-state index in [1.807, 2.05) is 0 Å². The summed E-state index contributed by atoms with van der Waals surface area (Å²) >= 11 is 0. The summed E-state index contributed by atoms with van der Waals surface area (Å²) in [5, 5.41) is 8.25. The predicted molar refractivity (Wildman–Crippen MR) is 322 cm³/mol. The molecule has 17 rings (SSSR count). The number of aromatic amines is 2. The third-order valence-electron chi connectivity index (χ3n) is 16.5. The zero-order valence-electron chi connectivity index (χ0n) is 43.9. The minimum absolute atomic E-state index is 0.519. The Hall–Kier alpha value is -10.7. The number of nitrogens with zero attached hydrogens (tertiary/aromatic N) is 10. The van der Waals surface area contributed by atoms with Gasteiger partial charge in [0.15, 0.2) is 23.3 Å². The average Bonchev–Trinajstić information content (AvgIpc) is 4.45. The van der Waals surface area contributed by atoms with Gasteiger partial charge in [-0.25, -0.2) is 29.9 Å². The van der Waals surface area contributed by atoms with Crippen LogP contribution in [0.3, 0.4) is 0 Å². The number of hydrogen-bond donors (Lipinski definition) is 2. The van der Waals surface area contributed by atoms with Crippen molar-refractivity contribution in [3.63, 3.8) is 0 Å². The van der Waals surface area contributed by atoms with Gasteiger partial charge < -0.3 is 28.2 Å². The van der Waals surface area contributed by atoms with Gasteiger partial charge in [-0.05, 0) is 98.5 Å². The van der Waals surface area contributed by atoms with Gasteiger partial charge in [-0.15, -0.1) is 0 Å². The van der Waals surface area contributed by atoms with E-state index in [0.717, 1.165) is 88.6 Å². The molecule has 0 fully saturated rings. The highest BCUT2D eigenvalue weighted by atomic mass is 15.1. The van der Waals surface area contributed by atoms with Gasteiger partial charge in [-0.3, -0.25) is 0 Å². The molecule has 0 saturated heterocycles. The van der Waals surface area contributed by atoms with Crippen molar-refractivity contribution < 1.29 is 0 Å². The number of aromatic nitrogens is 12. The molecule has 7 aromatic heterocycles. The second kappa shape index (κ2) is 16.4. The molecule has 0 amide bonds. The van der Waals surface area contributed by atoms with Crippen molar-refractivity contribution in [3.05, 3.63) is 217 Å². The quantitative estimate of drug-likeness (QED) is 0.181. The van der Waals surface area contributed by atoms with E-state index < -0.39 is 0 Å². The number of benzene rings is 8. The Morgan fingerprint density at radius 3 is 0.950 bits per heavy atom. The van der Waals surface area contributed by atoms with E-state index >= 15 is 0 Å². The zero-order chi connectivity index (χ0) is 53.1. The van der Waals surface area contributed by atoms with Gasteiger partial charge in [-0.2, -0.15) is 0 Å². The Balaban J connectivity index is 1.05. The Kier molecular flexibility index (Phi) is 9.10. The molecular weight excluding hydrogens is 985 g/mol. The van der Waals surface area contributed by atoms with E-state index in [2.05, 4.69) is 251 Å². The second-order valence-electron chi connectivity index (χ2n) is 21.2. The minimum atomic E-state index is 0.519. The average molecular weight is 1030 g/mol. The molecule has 12 nitrogen and oxygen atoms in total. The van der Waals surface area contributed by atoms with Crippen LogP contribution in [0.2, 0.25) is 0 Å². The van der Waals surface area contributed by atoms with Crippen LogP contribution in [0.25, 0.3) is 156 Å². The van der Waals surface area contributed by atoms with Crippen LogP contribution in [0.5, 0.6) is 0 Å². The van der Waals surface area contributed by atoms with Crippen LogP contribution >= 0.6 is 0 Å². The second-order valence-corrected chi connectivity index (χ2v) is 21.2. The van der Waals surface area contributed by atoms with Gasteiger partial charge in [0.1, 0.15) is 22.6 Å². The largest absolute Gasteiger partial charge is 0.324 e. The first-order chi connectivity index (χ1) is 39.3. The van der Waals surface area contributed by atoms with Crippen molar-refractivity contribution in [2.24, 2.45) is 0 Å². The number of nitrogens with one attached hydrogen (secondary N) is 2. The maximum Gasteiger partial charge on any atom is 0.166 e. The summed E-state index contributed by atoms with van der Waals surface area (Å²) in [5.74, 6) is 2.08. The molecule has 2 N–H and O–H groups in total. The summed E-state index contributed by atoms with van der Waals surface area (Å²) in [6, 6.07) is 59.6. The van der Waals surface area contributed by atoms with Gasteiger partial charge in [0.25, 0.3) is 0 Å². The van der Waals surface area contributed by atoms with Gasteiger partial charge in [0.05, 0.1) is 66.7 Å². The topological polar surface area (TPSA) is 129 Å². The van der Waals surface area contributed by atoms with Crippen molar-refractivity contribution in [1.29, 1.82) is 0 Å². The Morgan fingerprint density at radius 2 is 0.575 bits per heavy atom. The monoisotopic (exact) mass is 1030 g/mol. The highest BCUT2D eigenvalue weighted by Crippen LogP contribution is 2.44. The summed E-state index contributed by atoms with van der Waals surface area (Å²) in [6.07, 6.45) is 8.83. The van der Waals surface area contributed by atoms with Crippen molar-refractivity contribution in [1.82, 2.24) is 58.1 Å². The molecule has 0 saturated carbocycles. The van der Waals surface area contributed by atoms with E-state index in [9.17, 15) is 0 Å². The summed E-state index contributed by atoms with van der Waals surface area (Å²) in [7, 11) is 0. The molecule has 0 aliphatic carbocycles. The van der Waals surface area contributed by atoms with Crippen LogP contribution < -0.4 is 0 Å². The number of fused-ring (bicyclic) bond motifs is 24. The molecule has 80 heavy (non-hydrogen) atoms. The van der Waals surface area contributed by atoms with Crippen LogP contribution in [0.15, 0.2) is 195 Å². The number of hydrogen-bond acceptors (Lipinski definition) is 6. The van der Waals surface area contributed by atoms with Crippen LogP contribution in [0.1, 0.15) is 22.3 Å². The number of rotatable bonds is 4. The van der Waals surface area contributed by atoms with Crippen molar-refractivity contribution >= 4 is 87.7 Å². The third-order valence-corrected chi connectivity index (χ3v) is 16.5. The van der Waals surface area contributed by atoms with Gasteiger partial charge >= 0.3 is 0 Å². The number of aryl methyl sites for hydroxylation is 4. The van der Waals surface area contributed by atoms with Crippen molar-refractivity contribution in [2.45, 2.75) is 27.7 Å². The SMILES string of the molecule is Cc1cn(-c2cccc3c2-c2nc-3nc3[nH]c(nc4nc(nc5[nH]c(n2)c2cccc(-n6cc(C)c7ccccc76)c52)-c2cccc(-n5cc(C)c6ccccc65)c2-4)c2cccc(-n4cc(C)c5ccccc54)c32)c2ccccc12. The highest BCUT2D eigenvalue weighted by molar-refractivity contribution is 6.12. The van der Waals surface area contributed by atoms with Crippen LogP contribution in [0.4, 0.5) is 0 Å². The summed E-state index contributed by atoms with van der Waals surface area (Å²) in [5.41, 5.74) is 18.7. The Morgan fingerprint density at radius 1 is 0.275 bits per heavy atom. The van der Waals surface area contributed by atoms with Gasteiger partial charge in [-0.1, -0.05) is 121 Å². The summed E-state index contributed by atoms with van der Waals surface area (Å²) in [6.45, 7) is 8.64. The van der Waals surface area contributed by atoms with Crippen LogP contribution in [-0.4, -0.2) is 58.1 Å². The van der Waals surface area contributed by atoms with Crippen LogP contribution in [-0.2, 0) is 0 Å². The smallest absolute Gasteiger partial charge is 0.166 e. The minimum Gasteiger partial charge on any atom is -0.324 e. The van der Waals surface area contributed by atoms with Gasteiger partial charge in [0.2, 0.25) is 0 Å². The molecule has 378 valence electrons. The molecular formula is C68H46N12. The molecule has 2 aliphatic rings. The molecule has 2 aliphatic heterocycles. The highest BCUT2D eigenvalue weighted by Gasteiger charge is 2.29. The summed E-state index contributed by atoms with van der Waals surface area (Å²) < 4.78 is 9.07. The summed E-state index contributed by atoms with van der Waals surface area (Å²) in [4.78, 5) is 41.2. The first-order valence-electron chi connectivity index (χ1n) is 26.9. The molecule has 15 aromatic rings. The van der Waals surface area contributed by atoms with E-state index in [4.69, 9.17) is 29.9 Å². The van der Waals surface area contributed by atoms with E-state index in [-0.39, 0.29) is 0 Å². The number of para-hydroxylation sites is 4. The molecule has 0 spiro atoms. The maximum absolute atomic E-state index is 5.65. The normalized spacial score (nSPS) is 12.2. The fourth-order valence-electron chi connectivity index (χ4n) is 12.9. The maximum atomic E-state index is 5.65. The standard InChI is InChI=1S/C68H46N12/c1-37-33-77(49-25-9-5-17-41(37)49)53-29-13-21-45-57(53)65-69-61(45)74-66-59-47(23-15-31-55(59)79-35-39(3)43-19-7-11-27-51(43)79)63(71-66)76-68-60-48(24-16-32-56(60)80-36-40(4)44-20-8-12-28-52(44)80)64(72-68)75-67-58-46(62(70-67)73-65)22-14-30-54(58)78-34-38(2)42-18-6-10-26-50(42)78/h5-36H,1-4H3,(H2,69,70,71,72,73,74,75,76). The molecule has 8 bridgehead atoms. The first kappa shape index (κ1) is 44.4. The van der Waals surface area contributed by atoms with E-state index in [1.165, 1.54) is 43.8 Å². The fraction of sp³-hybridized carbons (Fsp3) is 0.0588. The lowest BCUT2D eigenvalue weighted by molar-refractivity contribution is 1.11. The lowest BCUT2D eigenvalue weighted by Gasteiger charge is -2.11. The Labute approximate surface area is 456 Å².